The summed E-state index contributed by atoms with van der Waals surface area (Å²) in [5.41, 5.74) is 2.58. The minimum absolute atomic E-state index is 0.0937. The van der Waals surface area contributed by atoms with E-state index in [1.165, 1.54) is 0 Å². The Morgan fingerprint density at radius 1 is 1.00 bits per heavy atom. The lowest BCUT2D eigenvalue weighted by atomic mass is 10.1. The van der Waals surface area contributed by atoms with Crippen molar-refractivity contribution in [2.24, 2.45) is 0 Å². The average Bonchev–Trinajstić information content (AvgIpc) is 3.11. The zero-order valence-corrected chi connectivity index (χ0v) is 15.0. The largest absolute Gasteiger partial charge is 0.339 e. The van der Waals surface area contributed by atoms with E-state index < -0.39 is 10.8 Å². The maximum atomic E-state index is 12.3. The summed E-state index contributed by atoms with van der Waals surface area (Å²) in [4.78, 5) is 14.2. The van der Waals surface area contributed by atoms with Crippen LogP contribution in [-0.4, -0.2) is 28.1 Å². The van der Waals surface area contributed by atoms with Gasteiger partial charge in [-0.05, 0) is 42.2 Å². The van der Waals surface area contributed by atoms with Gasteiger partial charge < -0.3 is 4.90 Å². The molecule has 1 aliphatic heterocycles. The Labute approximate surface area is 150 Å². The van der Waals surface area contributed by atoms with Crippen LogP contribution >= 0.6 is 11.6 Å². The van der Waals surface area contributed by atoms with Crippen LogP contribution in [0.4, 0.5) is 0 Å². The van der Waals surface area contributed by atoms with E-state index in [1.807, 2.05) is 53.4 Å². The molecule has 3 nitrogen and oxygen atoms in total. The molecule has 126 valence electrons. The molecule has 1 fully saturated rings. The van der Waals surface area contributed by atoms with Crippen LogP contribution < -0.4 is 0 Å². The molecular formula is C19H20ClNO2S. The molecule has 0 aliphatic carbocycles. The van der Waals surface area contributed by atoms with Gasteiger partial charge in [0.25, 0.3) is 5.91 Å². The van der Waals surface area contributed by atoms with E-state index in [2.05, 4.69) is 0 Å². The fourth-order valence-corrected chi connectivity index (χ4v) is 4.42. The molecule has 1 unspecified atom stereocenters. The van der Waals surface area contributed by atoms with Gasteiger partial charge in [0.2, 0.25) is 0 Å². The zero-order valence-electron chi connectivity index (χ0n) is 13.4. The lowest BCUT2D eigenvalue weighted by Crippen LogP contribution is -2.27. The molecule has 2 aromatic carbocycles. The van der Waals surface area contributed by atoms with Gasteiger partial charge in [0.15, 0.2) is 0 Å². The minimum Gasteiger partial charge on any atom is -0.339 e. The third-order valence-electron chi connectivity index (χ3n) is 4.20. The molecule has 1 atom stereocenters. The van der Waals surface area contributed by atoms with Crippen LogP contribution in [0.15, 0.2) is 48.5 Å². The number of carbonyl (C=O) groups excluding carboxylic acids is 1. The minimum atomic E-state index is -1.03. The molecule has 0 saturated carbocycles. The first-order chi connectivity index (χ1) is 11.6. The third kappa shape index (κ3) is 4.25. The van der Waals surface area contributed by atoms with E-state index in [9.17, 15) is 9.00 Å². The Morgan fingerprint density at radius 3 is 2.33 bits per heavy atom. The van der Waals surface area contributed by atoms with Crippen LogP contribution in [0.5, 0.6) is 0 Å². The Morgan fingerprint density at radius 2 is 1.67 bits per heavy atom. The van der Waals surface area contributed by atoms with Crippen LogP contribution in [0.25, 0.3) is 0 Å². The van der Waals surface area contributed by atoms with Crippen molar-refractivity contribution >= 4 is 28.3 Å². The normalized spacial score (nSPS) is 15.5. The van der Waals surface area contributed by atoms with Crippen molar-refractivity contribution in [1.29, 1.82) is 0 Å². The summed E-state index contributed by atoms with van der Waals surface area (Å²) in [5.74, 6) is 0.994. The molecule has 2 aromatic rings. The molecule has 1 saturated heterocycles. The monoisotopic (exact) mass is 361 g/mol. The molecule has 1 heterocycles. The number of hydrogen-bond acceptors (Lipinski definition) is 2. The van der Waals surface area contributed by atoms with Crippen molar-refractivity contribution in [3.8, 4) is 0 Å². The maximum Gasteiger partial charge on any atom is 0.253 e. The van der Waals surface area contributed by atoms with Gasteiger partial charge in [0, 0.05) is 40.2 Å². The van der Waals surface area contributed by atoms with Crippen LogP contribution in [-0.2, 0) is 22.3 Å². The highest BCUT2D eigenvalue weighted by Crippen LogP contribution is 2.19. The third-order valence-corrected chi connectivity index (χ3v) is 5.85. The standard InChI is InChI=1S/C19H20ClNO2S/c20-18-6-2-1-5-17(18)14-24(23)13-15-7-9-16(10-8-15)19(22)21-11-3-4-12-21/h1-2,5-10H,3-4,11-14H2. The molecule has 1 aliphatic rings. The first-order valence-electron chi connectivity index (χ1n) is 8.10. The molecule has 1 amide bonds. The molecule has 0 bridgehead atoms. The molecule has 0 N–H and O–H groups in total. The number of likely N-dealkylation sites (tertiary alicyclic amines) is 1. The Hall–Kier alpha value is -1.65. The molecule has 24 heavy (non-hydrogen) atoms. The predicted octanol–water partition coefficient (Wildman–Crippen LogP) is 4.02. The van der Waals surface area contributed by atoms with E-state index in [0.29, 0.717) is 22.1 Å². The summed E-state index contributed by atoms with van der Waals surface area (Å²) in [6, 6.07) is 14.9. The summed E-state index contributed by atoms with van der Waals surface area (Å²) in [6.45, 7) is 1.70. The van der Waals surface area contributed by atoms with E-state index in [4.69, 9.17) is 11.6 Å². The predicted molar refractivity (Wildman–Crippen MR) is 98.6 cm³/mol. The van der Waals surface area contributed by atoms with Crippen molar-refractivity contribution < 1.29 is 9.00 Å². The van der Waals surface area contributed by atoms with Gasteiger partial charge in [0.05, 0.1) is 5.75 Å². The summed E-state index contributed by atoms with van der Waals surface area (Å²) in [7, 11) is -1.03. The van der Waals surface area contributed by atoms with Crippen LogP contribution in [0, 0.1) is 0 Å². The lowest BCUT2D eigenvalue weighted by Gasteiger charge is -2.15. The second kappa shape index (κ2) is 7.95. The highest BCUT2D eigenvalue weighted by atomic mass is 35.5. The number of carbonyl (C=O) groups is 1. The number of nitrogens with zero attached hydrogens (tertiary/aromatic N) is 1. The van der Waals surface area contributed by atoms with Crippen molar-refractivity contribution in [1.82, 2.24) is 4.90 Å². The Bertz CT molecular complexity index is 739. The number of halogens is 1. The van der Waals surface area contributed by atoms with Crippen LogP contribution in [0.1, 0.15) is 34.3 Å². The van der Waals surface area contributed by atoms with E-state index in [-0.39, 0.29) is 5.91 Å². The molecule has 0 spiro atoms. The second-order valence-corrected chi connectivity index (χ2v) is 7.88. The lowest BCUT2D eigenvalue weighted by molar-refractivity contribution is 0.0793. The summed E-state index contributed by atoms with van der Waals surface area (Å²) < 4.78 is 12.3. The molecule has 5 heteroatoms. The SMILES string of the molecule is O=C(c1ccc(CS(=O)Cc2ccccc2Cl)cc1)N1CCCC1. The molecule has 0 aromatic heterocycles. The van der Waals surface area contributed by atoms with E-state index in [1.54, 1.807) is 0 Å². The average molecular weight is 362 g/mol. The van der Waals surface area contributed by atoms with Gasteiger partial charge in [-0.25, -0.2) is 0 Å². The first-order valence-corrected chi connectivity index (χ1v) is 9.97. The van der Waals surface area contributed by atoms with Crippen molar-refractivity contribution in [2.75, 3.05) is 13.1 Å². The fourth-order valence-electron chi connectivity index (χ4n) is 2.87. The summed E-state index contributed by atoms with van der Waals surface area (Å²) in [5, 5.41) is 0.650. The van der Waals surface area contributed by atoms with Gasteiger partial charge in [0.1, 0.15) is 0 Å². The Balaban J connectivity index is 1.60. The van der Waals surface area contributed by atoms with Crippen molar-refractivity contribution in [2.45, 2.75) is 24.3 Å². The van der Waals surface area contributed by atoms with Gasteiger partial charge >= 0.3 is 0 Å². The van der Waals surface area contributed by atoms with Crippen molar-refractivity contribution in [3.63, 3.8) is 0 Å². The smallest absolute Gasteiger partial charge is 0.253 e. The first kappa shape index (κ1) is 17.2. The highest BCUT2D eigenvalue weighted by Gasteiger charge is 2.19. The van der Waals surface area contributed by atoms with Crippen molar-refractivity contribution in [3.05, 3.63) is 70.2 Å². The number of rotatable bonds is 5. The fraction of sp³-hybridized carbons (Fsp3) is 0.316. The highest BCUT2D eigenvalue weighted by molar-refractivity contribution is 7.83. The summed E-state index contributed by atoms with van der Waals surface area (Å²) in [6.07, 6.45) is 2.18. The van der Waals surface area contributed by atoms with E-state index >= 15 is 0 Å². The quantitative estimate of drug-likeness (QED) is 0.806. The van der Waals surface area contributed by atoms with Gasteiger partial charge in [-0.2, -0.15) is 0 Å². The van der Waals surface area contributed by atoms with Gasteiger partial charge in [-0.15, -0.1) is 0 Å². The number of amides is 1. The molecule has 3 rings (SSSR count). The van der Waals surface area contributed by atoms with Crippen LogP contribution in [0.3, 0.4) is 0 Å². The second-order valence-electron chi connectivity index (χ2n) is 6.02. The van der Waals surface area contributed by atoms with Crippen LogP contribution in [0.2, 0.25) is 5.02 Å². The van der Waals surface area contributed by atoms with E-state index in [0.717, 1.165) is 37.1 Å². The topological polar surface area (TPSA) is 37.4 Å². The molecule has 0 radical (unpaired) electrons. The maximum absolute atomic E-state index is 12.3. The summed E-state index contributed by atoms with van der Waals surface area (Å²) >= 11 is 6.11. The van der Waals surface area contributed by atoms with Gasteiger partial charge in [-0.3, -0.25) is 9.00 Å². The zero-order chi connectivity index (χ0) is 16.9. The number of hydrogen-bond donors (Lipinski definition) is 0. The Kier molecular flexibility index (Phi) is 5.69. The van der Waals surface area contributed by atoms with Gasteiger partial charge in [-0.1, -0.05) is 41.9 Å². The molecular weight excluding hydrogens is 342 g/mol. The number of benzene rings is 2.